The van der Waals surface area contributed by atoms with Crippen LogP contribution in [0.1, 0.15) is 12.8 Å². The van der Waals surface area contributed by atoms with E-state index in [9.17, 15) is 0 Å². The molecule has 0 aliphatic heterocycles. The van der Waals surface area contributed by atoms with Gasteiger partial charge in [0.1, 0.15) is 5.82 Å². The average Bonchev–Trinajstić information content (AvgIpc) is 2.99. The van der Waals surface area contributed by atoms with E-state index in [4.69, 9.17) is 16.3 Å². The molecule has 1 aliphatic carbocycles. The van der Waals surface area contributed by atoms with Crippen LogP contribution in [0.3, 0.4) is 0 Å². The molecule has 2 rings (SSSR count). The Morgan fingerprint density at radius 2 is 2.36 bits per heavy atom. The Morgan fingerprint density at radius 1 is 1.57 bits per heavy atom. The predicted molar refractivity (Wildman–Crippen MR) is 54.9 cm³/mol. The first kappa shape index (κ1) is 9.52. The van der Waals surface area contributed by atoms with Crippen molar-refractivity contribution in [3.8, 4) is 5.88 Å². The Hall–Kier alpha value is -1.03. The van der Waals surface area contributed by atoms with E-state index >= 15 is 0 Å². The predicted octanol–water partition coefficient (Wildman–Crippen LogP) is 1.67. The summed E-state index contributed by atoms with van der Waals surface area (Å²) in [5.41, 5.74) is 0.0442. The number of alkyl halides is 1. The van der Waals surface area contributed by atoms with E-state index < -0.39 is 0 Å². The van der Waals surface area contributed by atoms with Crippen LogP contribution in [0, 0.1) is 0 Å². The zero-order chi connectivity index (χ0) is 10.0. The van der Waals surface area contributed by atoms with Crippen molar-refractivity contribution in [3.05, 3.63) is 12.4 Å². The Morgan fingerprint density at radius 3 is 2.93 bits per heavy atom. The monoisotopic (exact) mass is 213 g/mol. The second-order valence-corrected chi connectivity index (χ2v) is 3.75. The number of methoxy groups -OCH3 is 1. The van der Waals surface area contributed by atoms with E-state index in [2.05, 4.69) is 15.3 Å². The van der Waals surface area contributed by atoms with Crippen LogP contribution in [0.2, 0.25) is 0 Å². The van der Waals surface area contributed by atoms with Crippen molar-refractivity contribution in [1.29, 1.82) is 0 Å². The second-order valence-electron chi connectivity index (χ2n) is 3.49. The molecule has 0 bridgehead atoms. The molecular weight excluding hydrogens is 202 g/mol. The van der Waals surface area contributed by atoms with Gasteiger partial charge < -0.3 is 10.1 Å². The number of hydrogen-bond donors (Lipinski definition) is 1. The highest BCUT2D eigenvalue weighted by Gasteiger charge is 2.42. The Kier molecular flexibility index (Phi) is 2.46. The van der Waals surface area contributed by atoms with Crippen LogP contribution >= 0.6 is 11.6 Å². The summed E-state index contributed by atoms with van der Waals surface area (Å²) in [4.78, 5) is 8.22. The molecule has 4 nitrogen and oxygen atoms in total. The quantitative estimate of drug-likeness (QED) is 0.773. The van der Waals surface area contributed by atoms with Crippen molar-refractivity contribution in [2.24, 2.45) is 0 Å². The summed E-state index contributed by atoms with van der Waals surface area (Å²) in [6, 6.07) is 0. The van der Waals surface area contributed by atoms with E-state index in [0.717, 1.165) is 18.7 Å². The van der Waals surface area contributed by atoms with Crippen molar-refractivity contribution in [2.75, 3.05) is 18.3 Å². The average molecular weight is 214 g/mol. The molecule has 14 heavy (non-hydrogen) atoms. The second kappa shape index (κ2) is 3.61. The summed E-state index contributed by atoms with van der Waals surface area (Å²) in [6.07, 6.45) is 5.44. The molecule has 1 saturated carbocycles. The maximum absolute atomic E-state index is 5.84. The lowest BCUT2D eigenvalue weighted by Crippen LogP contribution is -2.23. The first-order valence-electron chi connectivity index (χ1n) is 4.48. The highest BCUT2D eigenvalue weighted by Crippen LogP contribution is 2.39. The topological polar surface area (TPSA) is 47.0 Å². The van der Waals surface area contributed by atoms with Crippen LogP contribution in [0.4, 0.5) is 5.82 Å². The highest BCUT2D eigenvalue weighted by atomic mass is 35.5. The van der Waals surface area contributed by atoms with E-state index in [1.807, 2.05) is 0 Å². The fourth-order valence-electron chi connectivity index (χ4n) is 1.22. The fraction of sp³-hybridized carbons (Fsp3) is 0.556. The molecule has 5 heteroatoms. The molecule has 1 aliphatic rings. The highest BCUT2D eigenvalue weighted by molar-refractivity contribution is 6.19. The summed E-state index contributed by atoms with van der Waals surface area (Å²) < 4.78 is 4.98. The van der Waals surface area contributed by atoms with Gasteiger partial charge in [0.15, 0.2) is 0 Å². The van der Waals surface area contributed by atoms with Crippen molar-refractivity contribution >= 4 is 17.4 Å². The van der Waals surface area contributed by atoms with Gasteiger partial charge in [0, 0.05) is 5.88 Å². The number of hydrogen-bond acceptors (Lipinski definition) is 4. The zero-order valence-electron chi connectivity index (χ0n) is 7.96. The molecule has 0 aromatic carbocycles. The van der Waals surface area contributed by atoms with Crippen molar-refractivity contribution in [1.82, 2.24) is 9.97 Å². The standard InChI is InChI=1S/C9H12ClN3O/c1-14-8-5-11-4-7(12-8)13-9(6-10)2-3-9/h4-5H,2-3,6H2,1H3,(H,12,13). The lowest BCUT2D eigenvalue weighted by atomic mass is 10.3. The van der Waals surface area contributed by atoms with Crippen molar-refractivity contribution in [2.45, 2.75) is 18.4 Å². The number of aromatic nitrogens is 2. The molecule has 1 aromatic heterocycles. The molecule has 1 heterocycles. The van der Waals surface area contributed by atoms with Gasteiger partial charge in [-0.15, -0.1) is 11.6 Å². The molecule has 0 spiro atoms. The molecule has 0 unspecified atom stereocenters. The van der Waals surface area contributed by atoms with Crippen molar-refractivity contribution < 1.29 is 4.74 Å². The molecule has 76 valence electrons. The SMILES string of the molecule is COc1cncc(NC2(CCl)CC2)n1. The van der Waals surface area contributed by atoms with Gasteiger partial charge in [0.2, 0.25) is 5.88 Å². The summed E-state index contributed by atoms with van der Waals surface area (Å²) in [6.45, 7) is 0. The molecule has 1 aromatic rings. The van der Waals surface area contributed by atoms with Crippen LogP contribution in [0.25, 0.3) is 0 Å². The number of anilines is 1. The van der Waals surface area contributed by atoms with Crippen LogP contribution in [-0.4, -0.2) is 28.5 Å². The van der Waals surface area contributed by atoms with Gasteiger partial charge in [0.05, 0.1) is 25.0 Å². The van der Waals surface area contributed by atoms with E-state index in [0.29, 0.717) is 11.8 Å². The number of rotatable bonds is 4. The minimum absolute atomic E-state index is 0.0442. The number of halogens is 1. The van der Waals surface area contributed by atoms with Crippen LogP contribution in [-0.2, 0) is 0 Å². The van der Waals surface area contributed by atoms with Gasteiger partial charge >= 0.3 is 0 Å². The fourth-order valence-corrected chi connectivity index (χ4v) is 1.56. The Bertz CT molecular complexity index is 328. The lowest BCUT2D eigenvalue weighted by molar-refractivity contribution is 0.396. The zero-order valence-corrected chi connectivity index (χ0v) is 8.71. The van der Waals surface area contributed by atoms with Crippen LogP contribution < -0.4 is 10.1 Å². The third-order valence-corrected chi connectivity index (χ3v) is 2.84. The number of nitrogens with zero attached hydrogens (tertiary/aromatic N) is 2. The molecule has 0 radical (unpaired) electrons. The smallest absolute Gasteiger partial charge is 0.233 e. The van der Waals surface area contributed by atoms with Crippen molar-refractivity contribution in [3.63, 3.8) is 0 Å². The molecule has 0 atom stereocenters. The van der Waals surface area contributed by atoms with Gasteiger partial charge in [-0.2, -0.15) is 4.98 Å². The third kappa shape index (κ3) is 1.90. The summed E-state index contributed by atoms with van der Waals surface area (Å²) in [5, 5.41) is 3.27. The van der Waals surface area contributed by atoms with Gasteiger partial charge in [-0.05, 0) is 12.8 Å². The van der Waals surface area contributed by atoms with Crippen LogP contribution in [0.5, 0.6) is 5.88 Å². The summed E-state index contributed by atoms with van der Waals surface area (Å²) >= 11 is 5.84. The molecular formula is C9H12ClN3O. The molecule has 0 amide bonds. The van der Waals surface area contributed by atoms with Gasteiger partial charge in [-0.25, -0.2) is 0 Å². The van der Waals surface area contributed by atoms with Crippen LogP contribution in [0.15, 0.2) is 12.4 Å². The summed E-state index contributed by atoms with van der Waals surface area (Å²) in [7, 11) is 1.57. The van der Waals surface area contributed by atoms with E-state index in [-0.39, 0.29) is 5.54 Å². The Labute approximate surface area is 87.7 Å². The summed E-state index contributed by atoms with van der Waals surface area (Å²) in [5.74, 6) is 1.84. The first-order valence-corrected chi connectivity index (χ1v) is 5.02. The largest absolute Gasteiger partial charge is 0.480 e. The molecule has 1 N–H and O–H groups in total. The molecule has 1 fully saturated rings. The minimum Gasteiger partial charge on any atom is -0.480 e. The van der Waals surface area contributed by atoms with Gasteiger partial charge in [0.25, 0.3) is 0 Å². The van der Waals surface area contributed by atoms with Gasteiger partial charge in [-0.1, -0.05) is 0 Å². The normalized spacial score (nSPS) is 17.6. The van der Waals surface area contributed by atoms with E-state index in [1.165, 1.54) is 0 Å². The number of nitrogens with one attached hydrogen (secondary N) is 1. The maximum atomic E-state index is 5.84. The van der Waals surface area contributed by atoms with E-state index in [1.54, 1.807) is 19.5 Å². The minimum atomic E-state index is 0.0442. The number of ether oxygens (including phenoxy) is 1. The Balaban J connectivity index is 2.09. The maximum Gasteiger partial charge on any atom is 0.233 e. The molecule has 0 saturated heterocycles. The lowest BCUT2D eigenvalue weighted by Gasteiger charge is -2.14. The van der Waals surface area contributed by atoms with Gasteiger partial charge in [-0.3, -0.25) is 4.98 Å². The first-order chi connectivity index (χ1) is 6.78. The third-order valence-electron chi connectivity index (χ3n) is 2.32.